The molecule has 2 N–H and O–H groups in total. The highest BCUT2D eigenvalue weighted by molar-refractivity contribution is 5.74. The molecule has 8 heteroatoms. The van der Waals surface area contributed by atoms with E-state index in [1.54, 1.807) is 43.5 Å². The van der Waals surface area contributed by atoms with Crippen molar-refractivity contribution in [1.82, 2.24) is 9.55 Å². The molecule has 0 spiro atoms. The number of hydrogen-bond donors (Lipinski definition) is 2. The van der Waals surface area contributed by atoms with Gasteiger partial charge in [-0.25, -0.2) is 9.18 Å². The zero-order chi connectivity index (χ0) is 26.6. The molecule has 1 aromatic heterocycles. The van der Waals surface area contributed by atoms with Crippen LogP contribution in [0.1, 0.15) is 77.5 Å². The highest BCUT2D eigenvalue weighted by Gasteiger charge is 2.27. The van der Waals surface area contributed by atoms with Gasteiger partial charge in [-0.05, 0) is 75.3 Å². The summed E-state index contributed by atoms with van der Waals surface area (Å²) in [6.07, 6.45) is 2.90. The number of aromatic nitrogens is 2. The number of aliphatic hydroxyl groups excluding tert-OH is 2. The Bertz CT molecular complexity index is 1140. The van der Waals surface area contributed by atoms with E-state index in [4.69, 9.17) is 4.74 Å². The maximum atomic E-state index is 13.7. The van der Waals surface area contributed by atoms with Gasteiger partial charge in [-0.2, -0.15) is 4.98 Å². The van der Waals surface area contributed by atoms with Crippen molar-refractivity contribution in [3.8, 4) is 11.3 Å². The number of hydrogen-bond acceptors (Lipinski definition) is 6. The lowest BCUT2D eigenvalue weighted by molar-refractivity contribution is -0.157. The van der Waals surface area contributed by atoms with E-state index < -0.39 is 23.8 Å². The molecule has 1 aliphatic carbocycles. The second-order valence-electron chi connectivity index (χ2n) is 10.9. The van der Waals surface area contributed by atoms with Crippen LogP contribution in [0.5, 0.6) is 0 Å². The van der Waals surface area contributed by atoms with Crippen LogP contribution < -0.4 is 5.69 Å². The van der Waals surface area contributed by atoms with Gasteiger partial charge >= 0.3 is 11.7 Å². The Kier molecular flexibility index (Phi) is 8.84. The summed E-state index contributed by atoms with van der Waals surface area (Å²) in [7, 11) is 0. The molecular weight excluding hydrogens is 463 g/mol. The fourth-order valence-corrected chi connectivity index (χ4v) is 4.06. The van der Waals surface area contributed by atoms with E-state index in [0.29, 0.717) is 35.0 Å². The van der Waals surface area contributed by atoms with Crippen molar-refractivity contribution in [2.45, 2.75) is 90.6 Å². The van der Waals surface area contributed by atoms with Gasteiger partial charge in [0.1, 0.15) is 11.4 Å². The number of aliphatic hydroxyl groups is 2. The predicted octanol–water partition coefficient (Wildman–Crippen LogP) is 4.44. The van der Waals surface area contributed by atoms with Crippen molar-refractivity contribution in [3.05, 3.63) is 57.9 Å². The quantitative estimate of drug-likeness (QED) is 0.468. The van der Waals surface area contributed by atoms with Crippen molar-refractivity contribution in [2.75, 3.05) is 0 Å². The van der Waals surface area contributed by atoms with E-state index in [2.05, 4.69) is 4.98 Å². The molecule has 2 atom stereocenters. The van der Waals surface area contributed by atoms with Gasteiger partial charge in [-0.15, -0.1) is 0 Å². The van der Waals surface area contributed by atoms with Gasteiger partial charge in [-0.3, -0.25) is 9.36 Å². The first-order valence-corrected chi connectivity index (χ1v) is 12.5. The Labute approximate surface area is 211 Å². The molecule has 0 aliphatic heterocycles. The molecule has 2 aromatic rings. The summed E-state index contributed by atoms with van der Waals surface area (Å²) in [5.41, 5.74) is 1.54. The van der Waals surface area contributed by atoms with Crippen LogP contribution in [0.2, 0.25) is 0 Å². The van der Waals surface area contributed by atoms with E-state index in [1.165, 1.54) is 18.2 Å². The van der Waals surface area contributed by atoms with Crippen LogP contribution in [0, 0.1) is 11.7 Å². The summed E-state index contributed by atoms with van der Waals surface area (Å²) in [4.78, 5) is 29.4. The summed E-state index contributed by atoms with van der Waals surface area (Å²) in [5.74, 6) is -0.594. The lowest BCUT2D eigenvalue weighted by Crippen LogP contribution is -2.29. The average Bonchev–Trinajstić information content (AvgIpc) is 3.57. The maximum absolute atomic E-state index is 13.7. The first kappa shape index (κ1) is 27.7. The number of benzene rings is 1. The van der Waals surface area contributed by atoms with Gasteiger partial charge in [0, 0.05) is 18.5 Å². The molecule has 36 heavy (non-hydrogen) atoms. The molecule has 3 rings (SSSR count). The summed E-state index contributed by atoms with van der Waals surface area (Å²) < 4.78 is 20.6. The Hall–Kier alpha value is -2.84. The van der Waals surface area contributed by atoms with E-state index in [-0.39, 0.29) is 30.3 Å². The minimum Gasteiger partial charge on any atom is -0.460 e. The van der Waals surface area contributed by atoms with Gasteiger partial charge in [0.25, 0.3) is 0 Å². The third-order valence-electron chi connectivity index (χ3n) is 5.87. The van der Waals surface area contributed by atoms with Crippen LogP contribution >= 0.6 is 0 Å². The number of ether oxygens (including phenoxy) is 1. The molecule has 1 heterocycles. The van der Waals surface area contributed by atoms with Crippen LogP contribution in [0.15, 0.2) is 35.1 Å². The number of nitrogens with zero attached hydrogens (tertiary/aromatic N) is 2. The smallest absolute Gasteiger partial charge is 0.348 e. The summed E-state index contributed by atoms with van der Waals surface area (Å²) in [6.45, 7) is 9.62. The van der Waals surface area contributed by atoms with E-state index in [0.717, 1.165) is 12.8 Å². The minimum atomic E-state index is -1.08. The largest absolute Gasteiger partial charge is 0.460 e. The van der Waals surface area contributed by atoms with E-state index >= 15 is 0 Å². The summed E-state index contributed by atoms with van der Waals surface area (Å²) in [6, 6.07) is 5.98. The van der Waals surface area contributed by atoms with Crippen molar-refractivity contribution in [3.63, 3.8) is 0 Å². The number of carbonyl (C=O) groups is 1. The van der Waals surface area contributed by atoms with Crippen molar-refractivity contribution >= 4 is 12.0 Å². The zero-order valence-electron chi connectivity index (χ0n) is 21.7. The van der Waals surface area contributed by atoms with Crippen LogP contribution in [0.3, 0.4) is 0 Å². The molecule has 0 unspecified atom stereocenters. The van der Waals surface area contributed by atoms with Gasteiger partial charge in [0.15, 0.2) is 0 Å². The normalized spacial score (nSPS) is 15.9. The van der Waals surface area contributed by atoms with Crippen LogP contribution in [-0.2, 0) is 16.1 Å². The molecule has 0 radical (unpaired) electrons. The van der Waals surface area contributed by atoms with E-state index in [9.17, 15) is 24.2 Å². The Morgan fingerprint density at radius 1 is 1.22 bits per heavy atom. The fourth-order valence-electron chi connectivity index (χ4n) is 4.06. The van der Waals surface area contributed by atoms with Gasteiger partial charge in [0.2, 0.25) is 0 Å². The van der Waals surface area contributed by atoms with E-state index in [1.807, 2.05) is 13.8 Å². The summed E-state index contributed by atoms with van der Waals surface area (Å²) >= 11 is 0. The first-order chi connectivity index (χ1) is 16.8. The molecule has 1 saturated carbocycles. The molecule has 0 amide bonds. The molecule has 7 nitrogen and oxygen atoms in total. The number of esters is 1. The monoisotopic (exact) mass is 500 g/mol. The van der Waals surface area contributed by atoms with Crippen LogP contribution in [0.25, 0.3) is 17.3 Å². The number of rotatable bonds is 10. The van der Waals surface area contributed by atoms with Crippen LogP contribution in [-0.4, -0.2) is 43.5 Å². The summed E-state index contributed by atoms with van der Waals surface area (Å²) in [5, 5.41) is 20.9. The van der Waals surface area contributed by atoms with Gasteiger partial charge in [-0.1, -0.05) is 26.0 Å². The lowest BCUT2D eigenvalue weighted by atomic mass is 9.96. The zero-order valence-corrected chi connectivity index (χ0v) is 21.7. The van der Waals surface area contributed by atoms with Gasteiger partial charge < -0.3 is 14.9 Å². The maximum Gasteiger partial charge on any atom is 0.348 e. The topological polar surface area (TPSA) is 102 Å². The standard InChI is InChI=1S/C28H37FN2O5/c1-17(2)25-23(13-12-21(32)14-22(33)15-24(34)36-28(3,4)5)26(19-8-10-20(29)11-9-19)31(27(35)30-25)16-18-6-7-18/h8-13,17-18,21-22,32-33H,6-7,14-16H2,1-5H3/b13-12+/t21-,22-/m1/s1. The molecule has 0 saturated heterocycles. The Balaban J connectivity index is 1.93. The fraction of sp³-hybridized carbons (Fsp3) is 0.536. The predicted molar refractivity (Wildman–Crippen MR) is 137 cm³/mol. The third kappa shape index (κ3) is 7.83. The average molecular weight is 501 g/mol. The molecular formula is C28H37FN2O5. The molecule has 1 aliphatic rings. The number of carbonyl (C=O) groups excluding carboxylic acids is 1. The van der Waals surface area contributed by atoms with Gasteiger partial charge in [0.05, 0.1) is 30.0 Å². The van der Waals surface area contributed by atoms with Crippen molar-refractivity contribution in [1.29, 1.82) is 0 Å². The molecule has 1 fully saturated rings. The lowest BCUT2D eigenvalue weighted by Gasteiger charge is -2.21. The van der Waals surface area contributed by atoms with Crippen LogP contribution in [0.4, 0.5) is 4.39 Å². The second-order valence-corrected chi connectivity index (χ2v) is 10.9. The highest BCUT2D eigenvalue weighted by Crippen LogP contribution is 2.34. The Morgan fingerprint density at radius 3 is 2.42 bits per heavy atom. The molecule has 1 aromatic carbocycles. The SMILES string of the molecule is CC(C)c1nc(=O)n(CC2CC2)c(-c2ccc(F)cc2)c1/C=C/[C@@H](O)C[C@@H](O)CC(=O)OC(C)(C)C. The minimum absolute atomic E-state index is 0.0617. The van der Waals surface area contributed by atoms with Crippen molar-refractivity contribution in [2.24, 2.45) is 5.92 Å². The highest BCUT2D eigenvalue weighted by atomic mass is 19.1. The molecule has 0 bridgehead atoms. The Morgan fingerprint density at radius 2 is 1.86 bits per heavy atom. The third-order valence-corrected chi connectivity index (χ3v) is 5.87. The first-order valence-electron chi connectivity index (χ1n) is 12.5. The number of halogens is 1. The van der Waals surface area contributed by atoms with Crippen molar-refractivity contribution < 1.29 is 24.1 Å². The molecule has 196 valence electrons. The second kappa shape index (κ2) is 11.5.